The molecule has 4 N–H and O–H groups in total. The average Bonchev–Trinajstić information content (AvgIpc) is 3.06. The molecule has 0 aliphatic heterocycles. The first-order chi connectivity index (χ1) is 11.5. The molecule has 1 aromatic carbocycles. The van der Waals surface area contributed by atoms with Crippen molar-refractivity contribution >= 4 is 34.2 Å². The minimum absolute atomic E-state index is 0.118. The van der Waals surface area contributed by atoms with Crippen molar-refractivity contribution in [1.29, 1.82) is 0 Å². The van der Waals surface area contributed by atoms with Crippen molar-refractivity contribution in [2.45, 2.75) is 19.3 Å². The van der Waals surface area contributed by atoms with Gasteiger partial charge in [-0.25, -0.2) is 9.18 Å². The number of primary amides is 1. The van der Waals surface area contributed by atoms with Gasteiger partial charge in [0, 0.05) is 4.88 Å². The summed E-state index contributed by atoms with van der Waals surface area (Å²) in [6.07, 6.45) is 2.38. The standard InChI is InChI=1S/C16H14FN3O3S/c17-10-6-2-1-4-8(10)13(21)19-15-12(14(22)20-16(18)23)9-5-3-7-11(9)24-15/h1-2,4,6H,3,5,7H2,(H,19,21)(H3,18,20,22,23). The van der Waals surface area contributed by atoms with Gasteiger partial charge >= 0.3 is 6.03 Å². The monoisotopic (exact) mass is 347 g/mol. The smallest absolute Gasteiger partial charge is 0.319 e. The number of amides is 4. The van der Waals surface area contributed by atoms with E-state index in [0.717, 1.165) is 23.3 Å². The van der Waals surface area contributed by atoms with Crippen LogP contribution in [-0.2, 0) is 12.8 Å². The number of benzene rings is 1. The van der Waals surface area contributed by atoms with Gasteiger partial charge in [-0.3, -0.25) is 14.9 Å². The number of imide groups is 1. The van der Waals surface area contributed by atoms with Gasteiger partial charge in [0.05, 0.1) is 11.1 Å². The Hall–Kier alpha value is -2.74. The molecular formula is C16H14FN3O3S. The Morgan fingerprint density at radius 2 is 1.88 bits per heavy atom. The quantitative estimate of drug-likeness (QED) is 0.795. The summed E-state index contributed by atoms with van der Waals surface area (Å²) in [5, 5.41) is 4.90. The lowest BCUT2D eigenvalue weighted by atomic mass is 10.1. The van der Waals surface area contributed by atoms with E-state index in [1.54, 1.807) is 6.07 Å². The lowest BCUT2D eigenvalue weighted by Gasteiger charge is -2.08. The molecule has 0 unspecified atom stereocenters. The van der Waals surface area contributed by atoms with Crippen LogP contribution in [0.4, 0.5) is 14.2 Å². The van der Waals surface area contributed by atoms with Gasteiger partial charge in [-0.15, -0.1) is 11.3 Å². The number of urea groups is 1. The minimum atomic E-state index is -0.968. The Bertz CT molecular complexity index is 847. The summed E-state index contributed by atoms with van der Waals surface area (Å²) in [6.45, 7) is 0. The Kier molecular flexibility index (Phi) is 4.30. The van der Waals surface area contributed by atoms with E-state index in [4.69, 9.17) is 5.73 Å². The Morgan fingerprint density at radius 1 is 1.12 bits per heavy atom. The second-order valence-electron chi connectivity index (χ2n) is 5.31. The number of hydrogen-bond acceptors (Lipinski definition) is 4. The Labute approximate surface area is 140 Å². The van der Waals surface area contributed by atoms with Crippen LogP contribution in [0, 0.1) is 5.82 Å². The van der Waals surface area contributed by atoms with Gasteiger partial charge in [0.1, 0.15) is 10.8 Å². The van der Waals surface area contributed by atoms with Crippen LogP contribution in [-0.4, -0.2) is 17.8 Å². The van der Waals surface area contributed by atoms with E-state index in [-0.39, 0.29) is 11.1 Å². The largest absolute Gasteiger partial charge is 0.351 e. The van der Waals surface area contributed by atoms with E-state index in [9.17, 15) is 18.8 Å². The van der Waals surface area contributed by atoms with E-state index < -0.39 is 23.7 Å². The first-order valence-electron chi connectivity index (χ1n) is 7.28. The molecule has 6 nitrogen and oxygen atoms in total. The molecule has 124 valence electrons. The second kappa shape index (κ2) is 6.40. The maximum Gasteiger partial charge on any atom is 0.319 e. The molecule has 0 spiro atoms. The van der Waals surface area contributed by atoms with Gasteiger partial charge < -0.3 is 11.1 Å². The highest BCUT2D eigenvalue weighted by atomic mass is 32.1. The number of thiophene rings is 1. The molecule has 2 aromatic rings. The van der Waals surface area contributed by atoms with Gasteiger partial charge in [-0.1, -0.05) is 12.1 Å². The van der Waals surface area contributed by atoms with E-state index in [0.29, 0.717) is 11.4 Å². The number of carbonyl (C=O) groups is 3. The summed E-state index contributed by atoms with van der Waals surface area (Å²) in [4.78, 5) is 36.5. The number of hydrogen-bond donors (Lipinski definition) is 3. The molecule has 1 aliphatic carbocycles. The molecule has 1 aliphatic rings. The van der Waals surface area contributed by atoms with Gasteiger partial charge in [-0.2, -0.15) is 0 Å². The molecule has 0 bridgehead atoms. The number of fused-ring (bicyclic) bond motifs is 1. The van der Waals surface area contributed by atoms with Gasteiger partial charge in [0.25, 0.3) is 11.8 Å². The van der Waals surface area contributed by atoms with Crippen LogP contribution in [0.15, 0.2) is 24.3 Å². The lowest BCUT2D eigenvalue weighted by molar-refractivity contribution is 0.0966. The van der Waals surface area contributed by atoms with Crippen molar-refractivity contribution in [2.75, 3.05) is 5.32 Å². The maximum atomic E-state index is 13.7. The van der Waals surface area contributed by atoms with Gasteiger partial charge in [0.15, 0.2) is 0 Å². The van der Waals surface area contributed by atoms with Crippen molar-refractivity contribution in [3.63, 3.8) is 0 Å². The molecule has 4 amide bonds. The van der Waals surface area contributed by atoms with Crippen molar-refractivity contribution in [3.05, 3.63) is 51.7 Å². The SMILES string of the molecule is NC(=O)NC(=O)c1c(NC(=O)c2ccccc2F)sc2c1CCC2. The molecule has 0 saturated carbocycles. The number of rotatable bonds is 3. The van der Waals surface area contributed by atoms with Crippen molar-refractivity contribution in [2.24, 2.45) is 5.73 Å². The summed E-state index contributed by atoms with van der Waals surface area (Å²) < 4.78 is 13.7. The molecule has 1 heterocycles. The van der Waals surface area contributed by atoms with Crippen LogP contribution in [0.2, 0.25) is 0 Å². The van der Waals surface area contributed by atoms with Crippen molar-refractivity contribution < 1.29 is 18.8 Å². The number of nitrogens with two attached hydrogens (primary N) is 1. The fraction of sp³-hybridized carbons (Fsp3) is 0.188. The van der Waals surface area contributed by atoms with Crippen LogP contribution in [0.5, 0.6) is 0 Å². The number of nitrogens with one attached hydrogen (secondary N) is 2. The van der Waals surface area contributed by atoms with E-state index in [1.165, 1.54) is 29.5 Å². The second-order valence-corrected chi connectivity index (χ2v) is 6.42. The summed E-state index contributed by atoms with van der Waals surface area (Å²) in [5.74, 6) is -1.96. The molecule has 8 heteroatoms. The van der Waals surface area contributed by atoms with Crippen LogP contribution in [0.1, 0.15) is 37.6 Å². The summed E-state index contributed by atoms with van der Waals surface area (Å²) in [6, 6.07) is 4.60. The topological polar surface area (TPSA) is 101 Å². The number of anilines is 1. The highest BCUT2D eigenvalue weighted by Crippen LogP contribution is 2.39. The molecule has 1 aromatic heterocycles. The fourth-order valence-electron chi connectivity index (χ4n) is 2.72. The zero-order chi connectivity index (χ0) is 17.3. The number of carbonyl (C=O) groups excluding carboxylic acids is 3. The van der Waals surface area contributed by atoms with E-state index in [2.05, 4.69) is 5.32 Å². The van der Waals surface area contributed by atoms with Crippen LogP contribution in [0.25, 0.3) is 0 Å². The molecule has 24 heavy (non-hydrogen) atoms. The van der Waals surface area contributed by atoms with Crippen LogP contribution < -0.4 is 16.4 Å². The first-order valence-corrected chi connectivity index (χ1v) is 8.10. The number of aryl methyl sites for hydroxylation is 1. The zero-order valence-electron chi connectivity index (χ0n) is 12.5. The first kappa shape index (κ1) is 16.1. The van der Waals surface area contributed by atoms with E-state index >= 15 is 0 Å². The molecule has 0 saturated heterocycles. The third-order valence-electron chi connectivity index (χ3n) is 3.73. The average molecular weight is 347 g/mol. The predicted molar refractivity (Wildman–Crippen MR) is 87.7 cm³/mol. The van der Waals surface area contributed by atoms with Crippen molar-refractivity contribution in [3.8, 4) is 0 Å². The number of halogens is 1. The zero-order valence-corrected chi connectivity index (χ0v) is 13.3. The highest BCUT2D eigenvalue weighted by molar-refractivity contribution is 7.17. The summed E-state index contributed by atoms with van der Waals surface area (Å²) >= 11 is 1.27. The maximum absolute atomic E-state index is 13.7. The van der Waals surface area contributed by atoms with Crippen LogP contribution in [0.3, 0.4) is 0 Å². The predicted octanol–water partition coefficient (Wildman–Crippen LogP) is 2.44. The van der Waals surface area contributed by atoms with Gasteiger partial charge in [-0.05, 0) is 37.0 Å². The molecular weight excluding hydrogens is 333 g/mol. The van der Waals surface area contributed by atoms with Gasteiger partial charge in [0.2, 0.25) is 0 Å². The van der Waals surface area contributed by atoms with Crippen LogP contribution >= 0.6 is 11.3 Å². The van der Waals surface area contributed by atoms with E-state index in [1.807, 2.05) is 5.32 Å². The highest BCUT2D eigenvalue weighted by Gasteiger charge is 2.28. The third kappa shape index (κ3) is 3.00. The molecule has 0 atom stereocenters. The van der Waals surface area contributed by atoms with Crippen molar-refractivity contribution in [1.82, 2.24) is 5.32 Å². The summed E-state index contributed by atoms with van der Waals surface area (Å²) in [7, 11) is 0. The Balaban J connectivity index is 1.94. The third-order valence-corrected chi connectivity index (χ3v) is 4.94. The fourth-order valence-corrected chi connectivity index (χ4v) is 4.00. The normalized spacial score (nSPS) is 12.5. The molecule has 0 radical (unpaired) electrons. The lowest BCUT2D eigenvalue weighted by Crippen LogP contribution is -2.35. The summed E-state index contributed by atoms with van der Waals surface area (Å²) in [5.41, 5.74) is 5.92. The minimum Gasteiger partial charge on any atom is -0.351 e. The molecule has 3 rings (SSSR count). The molecule has 0 fully saturated rings. The Morgan fingerprint density at radius 3 is 2.58 bits per heavy atom.